The van der Waals surface area contributed by atoms with Crippen molar-refractivity contribution in [1.29, 1.82) is 0 Å². The van der Waals surface area contributed by atoms with Crippen molar-refractivity contribution in [1.82, 2.24) is 19.6 Å². The zero-order valence-electron chi connectivity index (χ0n) is 16.0. The average molecular weight is 410 g/mol. The molecular formula is C19H21F3N4OS. The first-order valence-corrected chi connectivity index (χ1v) is 9.46. The predicted molar refractivity (Wildman–Crippen MR) is 104 cm³/mol. The van der Waals surface area contributed by atoms with Crippen molar-refractivity contribution in [3.8, 4) is 11.3 Å². The zero-order chi connectivity index (χ0) is 20.7. The Kier molecular flexibility index (Phi) is 5.24. The highest BCUT2D eigenvalue weighted by Crippen LogP contribution is 2.32. The maximum absolute atomic E-state index is 13.0. The van der Waals surface area contributed by atoms with E-state index in [1.807, 2.05) is 32.8 Å². The average Bonchev–Trinajstić information content (AvgIpc) is 3.12. The summed E-state index contributed by atoms with van der Waals surface area (Å²) in [7, 11) is 3.85. The lowest BCUT2D eigenvalue weighted by atomic mass is 10.1. The molecule has 0 aliphatic rings. The maximum Gasteiger partial charge on any atom is 0.416 e. The molecule has 3 rings (SSSR count). The van der Waals surface area contributed by atoms with Crippen LogP contribution in [-0.4, -0.2) is 46.4 Å². The van der Waals surface area contributed by atoms with Crippen LogP contribution in [0.1, 0.15) is 29.9 Å². The highest BCUT2D eigenvalue weighted by atomic mass is 32.1. The van der Waals surface area contributed by atoms with E-state index in [2.05, 4.69) is 10.3 Å². The predicted octanol–water partition coefficient (Wildman–Crippen LogP) is 4.15. The summed E-state index contributed by atoms with van der Waals surface area (Å²) >= 11 is 1.27. The van der Waals surface area contributed by atoms with E-state index in [0.29, 0.717) is 28.5 Å². The van der Waals surface area contributed by atoms with Crippen LogP contribution in [0, 0.1) is 0 Å². The number of hydrogen-bond donors (Lipinski definition) is 1. The summed E-state index contributed by atoms with van der Waals surface area (Å²) in [5.74, 6) is -0.258. The molecule has 5 nitrogen and oxygen atoms in total. The van der Waals surface area contributed by atoms with Gasteiger partial charge in [0.05, 0.1) is 11.3 Å². The van der Waals surface area contributed by atoms with Gasteiger partial charge >= 0.3 is 6.18 Å². The smallest absolute Gasteiger partial charge is 0.345 e. The van der Waals surface area contributed by atoms with Gasteiger partial charge in [0, 0.05) is 29.2 Å². The number of benzene rings is 1. The number of likely N-dealkylation sites (N-methyl/N-ethyl adjacent to an activating group) is 1. The summed E-state index contributed by atoms with van der Waals surface area (Å²) in [6.07, 6.45) is -2.83. The molecule has 1 aromatic carbocycles. The molecule has 2 aromatic heterocycles. The number of fused-ring (bicyclic) bond motifs is 1. The van der Waals surface area contributed by atoms with Crippen LogP contribution in [0.3, 0.4) is 0 Å². The SMILES string of the molecule is CN(C)CC(C)(C)NC(=O)c1csc2nc(-c3cccc(C(F)(F)F)c3)cn12. The fraction of sp³-hybridized carbons (Fsp3) is 0.368. The number of halogens is 3. The molecule has 2 heterocycles. The van der Waals surface area contributed by atoms with Crippen LogP contribution in [-0.2, 0) is 6.18 Å². The van der Waals surface area contributed by atoms with Gasteiger partial charge < -0.3 is 10.2 Å². The van der Waals surface area contributed by atoms with E-state index < -0.39 is 17.3 Å². The van der Waals surface area contributed by atoms with Crippen LogP contribution in [0.4, 0.5) is 13.2 Å². The molecule has 28 heavy (non-hydrogen) atoms. The second-order valence-corrected chi connectivity index (χ2v) is 8.39. The zero-order valence-corrected chi connectivity index (χ0v) is 16.8. The summed E-state index contributed by atoms with van der Waals surface area (Å²) in [6, 6.07) is 5.00. The second-order valence-electron chi connectivity index (χ2n) is 7.55. The van der Waals surface area contributed by atoms with Gasteiger partial charge in [0.1, 0.15) is 5.69 Å². The van der Waals surface area contributed by atoms with Crippen LogP contribution in [0.25, 0.3) is 16.2 Å². The number of amides is 1. The molecule has 0 aliphatic heterocycles. The van der Waals surface area contributed by atoms with Crippen LogP contribution >= 0.6 is 11.3 Å². The van der Waals surface area contributed by atoms with Crippen molar-refractivity contribution in [2.75, 3.05) is 20.6 Å². The van der Waals surface area contributed by atoms with E-state index >= 15 is 0 Å². The van der Waals surface area contributed by atoms with Crippen molar-refractivity contribution in [3.63, 3.8) is 0 Å². The first kappa shape index (κ1) is 20.3. The van der Waals surface area contributed by atoms with E-state index in [4.69, 9.17) is 0 Å². The van der Waals surface area contributed by atoms with Crippen LogP contribution in [0.5, 0.6) is 0 Å². The van der Waals surface area contributed by atoms with Crippen LogP contribution < -0.4 is 5.32 Å². The maximum atomic E-state index is 13.0. The quantitative estimate of drug-likeness (QED) is 0.688. The summed E-state index contributed by atoms with van der Waals surface area (Å²) in [5.41, 5.74) is -0.0360. The molecule has 0 unspecified atom stereocenters. The third kappa shape index (κ3) is 4.36. The number of hydrogen-bond acceptors (Lipinski definition) is 4. The first-order valence-electron chi connectivity index (χ1n) is 8.58. The first-order chi connectivity index (χ1) is 13.0. The summed E-state index contributed by atoms with van der Waals surface area (Å²) in [4.78, 5) is 19.6. The lowest BCUT2D eigenvalue weighted by Gasteiger charge is -2.29. The third-order valence-electron chi connectivity index (χ3n) is 4.09. The molecule has 0 atom stereocenters. The molecule has 0 radical (unpaired) electrons. The molecule has 0 aliphatic carbocycles. The van der Waals surface area contributed by atoms with Crippen molar-refractivity contribution in [3.05, 3.63) is 47.1 Å². The summed E-state index contributed by atoms with van der Waals surface area (Å²) in [5, 5.41) is 4.68. The lowest BCUT2D eigenvalue weighted by Crippen LogP contribution is -2.50. The molecule has 0 bridgehead atoms. The van der Waals surface area contributed by atoms with Gasteiger partial charge in [0.2, 0.25) is 0 Å². The molecule has 150 valence electrons. The van der Waals surface area contributed by atoms with Gasteiger partial charge in [-0.3, -0.25) is 9.20 Å². The van der Waals surface area contributed by atoms with Gasteiger partial charge in [-0.2, -0.15) is 13.2 Å². The van der Waals surface area contributed by atoms with Gasteiger partial charge in [0.25, 0.3) is 5.91 Å². The molecule has 9 heteroatoms. The topological polar surface area (TPSA) is 49.6 Å². The van der Waals surface area contributed by atoms with Gasteiger partial charge in [-0.1, -0.05) is 12.1 Å². The highest BCUT2D eigenvalue weighted by molar-refractivity contribution is 7.15. The Morgan fingerprint density at radius 1 is 1.29 bits per heavy atom. The third-order valence-corrected chi connectivity index (χ3v) is 4.93. The molecule has 1 amide bonds. The number of nitrogens with zero attached hydrogens (tertiary/aromatic N) is 3. The second kappa shape index (κ2) is 7.21. The van der Waals surface area contributed by atoms with E-state index in [1.165, 1.54) is 17.4 Å². The fourth-order valence-corrected chi connectivity index (χ4v) is 4.00. The van der Waals surface area contributed by atoms with Gasteiger partial charge in [0.15, 0.2) is 4.96 Å². The minimum atomic E-state index is -4.42. The fourth-order valence-electron chi connectivity index (χ4n) is 3.14. The lowest BCUT2D eigenvalue weighted by molar-refractivity contribution is -0.137. The molecule has 0 saturated heterocycles. The molecule has 0 spiro atoms. The Labute approximate surface area is 164 Å². The Bertz CT molecular complexity index is 1000. The Morgan fingerprint density at radius 2 is 2.00 bits per heavy atom. The monoisotopic (exact) mass is 410 g/mol. The molecule has 0 fully saturated rings. The Balaban J connectivity index is 1.91. The Morgan fingerprint density at radius 3 is 2.64 bits per heavy atom. The van der Waals surface area contributed by atoms with Crippen LogP contribution in [0.15, 0.2) is 35.8 Å². The number of thiazole rings is 1. The number of carbonyl (C=O) groups is 1. The van der Waals surface area contributed by atoms with Crippen molar-refractivity contribution in [2.45, 2.75) is 25.6 Å². The van der Waals surface area contributed by atoms with E-state index in [1.54, 1.807) is 22.0 Å². The normalized spacial score (nSPS) is 12.7. The number of nitrogens with one attached hydrogen (secondary N) is 1. The molecule has 1 N–H and O–H groups in total. The molecule has 3 aromatic rings. The van der Waals surface area contributed by atoms with E-state index in [0.717, 1.165) is 12.1 Å². The van der Waals surface area contributed by atoms with E-state index in [-0.39, 0.29) is 5.91 Å². The molecule has 0 saturated carbocycles. The number of alkyl halides is 3. The largest absolute Gasteiger partial charge is 0.416 e. The van der Waals surface area contributed by atoms with Gasteiger partial charge in [-0.05, 0) is 40.1 Å². The van der Waals surface area contributed by atoms with E-state index in [9.17, 15) is 18.0 Å². The van der Waals surface area contributed by atoms with Gasteiger partial charge in [-0.15, -0.1) is 11.3 Å². The Hall–Kier alpha value is -2.39. The highest BCUT2D eigenvalue weighted by Gasteiger charge is 2.30. The molecular weight excluding hydrogens is 389 g/mol. The number of imidazole rings is 1. The minimum Gasteiger partial charge on any atom is -0.345 e. The van der Waals surface area contributed by atoms with Crippen molar-refractivity contribution in [2.24, 2.45) is 0 Å². The van der Waals surface area contributed by atoms with Gasteiger partial charge in [-0.25, -0.2) is 4.98 Å². The summed E-state index contributed by atoms with van der Waals surface area (Å²) in [6.45, 7) is 4.51. The van der Waals surface area contributed by atoms with Crippen LogP contribution in [0.2, 0.25) is 0 Å². The minimum absolute atomic E-state index is 0.258. The number of aromatic nitrogens is 2. The number of rotatable bonds is 5. The standard InChI is InChI=1S/C19H21F3N4OS/c1-18(2,11-25(3)4)24-16(27)15-10-28-17-23-14(9-26(15)17)12-6-5-7-13(8-12)19(20,21)22/h5-10H,11H2,1-4H3,(H,24,27). The van der Waals surface area contributed by atoms with Crippen molar-refractivity contribution < 1.29 is 18.0 Å². The summed E-state index contributed by atoms with van der Waals surface area (Å²) < 4.78 is 40.5. The van der Waals surface area contributed by atoms with Crippen molar-refractivity contribution >= 4 is 22.2 Å². The number of carbonyl (C=O) groups excluding carboxylic acids is 1.